The Morgan fingerprint density at radius 1 is 1.14 bits per heavy atom. The standard InChI is InChI=1S/C20H17N5O2S/c1-27-14-7-5-13(22-12-14)6-8-17(26)23-18-15-9-11-28-20(15)25-19(24-18)16-4-2-3-10-21-16/h2-5,7,9-12H,6,8H2,1H3,(H,23,24,25,26). The maximum atomic E-state index is 12.5. The van der Waals surface area contributed by atoms with E-state index < -0.39 is 0 Å². The third-order valence-corrected chi connectivity index (χ3v) is 4.93. The van der Waals surface area contributed by atoms with Gasteiger partial charge in [-0.25, -0.2) is 9.97 Å². The molecular formula is C20H17N5O2S. The van der Waals surface area contributed by atoms with E-state index in [0.717, 1.165) is 15.9 Å². The summed E-state index contributed by atoms with van der Waals surface area (Å²) < 4.78 is 5.09. The Kier molecular flexibility index (Phi) is 5.20. The molecule has 0 bridgehead atoms. The SMILES string of the molecule is COc1ccc(CCC(=O)Nc2nc(-c3ccccn3)nc3sccc23)nc1. The van der Waals surface area contributed by atoms with Crippen LogP contribution < -0.4 is 10.1 Å². The molecule has 4 aromatic rings. The molecule has 0 radical (unpaired) electrons. The number of aryl methyl sites for hydroxylation is 1. The summed E-state index contributed by atoms with van der Waals surface area (Å²) in [6.45, 7) is 0. The molecule has 0 atom stereocenters. The van der Waals surface area contributed by atoms with Gasteiger partial charge in [-0.05, 0) is 42.1 Å². The number of pyridine rings is 2. The van der Waals surface area contributed by atoms with Crippen molar-refractivity contribution in [3.05, 3.63) is 59.9 Å². The fourth-order valence-electron chi connectivity index (χ4n) is 2.68. The number of carbonyl (C=O) groups excluding carboxylic acids is 1. The number of anilines is 1. The van der Waals surface area contributed by atoms with E-state index in [2.05, 4.69) is 25.3 Å². The first-order valence-electron chi connectivity index (χ1n) is 8.68. The molecule has 0 spiro atoms. The van der Waals surface area contributed by atoms with Gasteiger partial charge in [-0.3, -0.25) is 14.8 Å². The fourth-order valence-corrected chi connectivity index (χ4v) is 3.44. The number of rotatable bonds is 6. The van der Waals surface area contributed by atoms with Crippen molar-refractivity contribution in [3.8, 4) is 17.3 Å². The summed E-state index contributed by atoms with van der Waals surface area (Å²) in [6.07, 6.45) is 4.16. The van der Waals surface area contributed by atoms with Gasteiger partial charge in [0.2, 0.25) is 5.91 Å². The number of methoxy groups -OCH3 is 1. The van der Waals surface area contributed by atoms with Crippen molar-refractivity contribution in [2.75, 3.05) is 12.4 Å². The molecule has 4 aromatic heterocycles. The molecule has 1 amide bonds. The average molecular weight is 391 g/mol. The van der Waals surface area contributed by atoms with Gasteiger partial charge in [0.25, 0.3) is 0 Å². The molecule has 4 rings (SSSR count). The van der Waals surface area contributed by atoms with E-state index in [4.69, 9.17) is 4.74 Å². The van der Waals surface area contributed by atoms with Crippen LogP contribution in [0.25, 0.3) is 21.7 Å². The largest absolute Gasteiger partial charge is 0.495 e. The van der Waals surface area contributed by atoms with Crippen molar-refractivity contribution in [3.63, 3.8) is 0 Å². The van der Waals surface area contributed by atoms with Gasteiger partial charge in [0.15, 0.2) is 5.82 Å². The van der Waals surface area contributed by atoms with Gasteiger partial charge in [0, 0.05) is 18.3 Å². The maximum Gasteiger partial charge on any atom is 0.225 e. The molecule has 0 saturated heterocycles. The van der Waals surface area contributed by atoms with Crippen molar-refractivity contribution in [1.82, 2.24) is 19.9 Å². The lowest BCUT2D eigenvalue weighted by molar-refractivity contribution is -0.116. The zero-order chi connectivity index (χ0) is 19.3. The second-order valence-corrected chi connectivity index (χ2v) is 6.88. The molecular weight excluding hydrogens is 374 g/mol. The Hall–Kier alpha value is -3.39. The summed E-state index contributed by atoms with van der Waals surface area (Å²) in [6, 6.07) is 11.2. The Bertz CT molecular complexity index is 1100. The number of fused-ring (bicyclic) bond motifs is 1. The van der Waals surface area contributed by atoms with Gasteiger partial charge in [-0.15, -0.1) is 11.3 Å². The summed E-state index contributed by atoms with van der Waals surface area (Å²) in [4.78, 5) is 31.0. The first-order valence-corrected chi connectivity index (χ1v) is 9.56. The van der Waals surface area contributed by atoms with Crippen LogP contribution in [0, 0.1) is 0 Å². The van der Waals surface area contributed by atoms with E-state index in [1.807, 2.05) is 41.8 Å². The van der Waals surface area contributed by atoms with Crippen LogP contribution >= 0.6 is 11.3 Å². The quantitative estimate of drug-likeness (QED) is 0.539. The van der Waals surface area contributed by atoms with E-state index in [1.165, 1.54) is 11.3 Å². The lowest BCUT2D eigenvalue weighted by Gasteiger charge is -2.08. The number of aromatic nitrogens is 4. The minimum atomic E-state index is -0.129. The highest BCUT2D eigenvalue weighted by Crippen LogP contribution is 2.28. The summed E-state index contributed by atoms with van der Waals surface area (Å²) in [5, 5.41) is 5.66. The summed E-state index contributed by atoms with van der Waals surface area (Å²) in [5.74, 6) is 1.55. The maximum absolute atomic E-state index is 12.5. The molecule has 0 aliphatic heterocycles. The zero-order valence-electron chi connectivity index (χ0n) is 15.1. The topological polar surface area (TPSA) is 89.9 Å². The van der Waals surface area contributed by atoms with E-state index >= 15 is 0 Å². The summed E-state index contributed by atoms with van der Waals surface area (Å²) in [7, 11) is 1.59. The predicted octanol–water partition coefficient (Wildman–Crippen LogP) is 3.73. The highest BCUT2D eigenvalue weighted by molar-refractivity contribution is 7.16. The first kappa shape index (κ1) is 18.0. The van der Waals surface area contributed by atoms with Crippen LogP contribution in [0.1, 0.15) is 12.1 Å². The van der Waals surface area contributed by atoms with Gasteiger partial charge < -0.3 is 10.1 Å². The molecule has 0 unspecified atom stereocenters. The van der Waals surface area contributed by atoms with E-state index in [0.29, 0.717) is 35.9 Å². The van der Waals surface area contributed by atoms with Crippen molar-refractivity contribution in [2.45, 2.75) is 12.8 Å². The third kappa shape index (κ3) is 3.96. The summed E-state index contributed by atoms with van der Waals surface area (Å²) in [5.41, 5.74) is 1.49. The Morgan fingerprint density at radius 2 is 2.07 bits per heavy atom. The third-order valence-electron chi connectivity index (χ3n) is 4.12. The molecule has 140 valence electrons. The number of ether oxygens (including phenoxy) is 1. The van der Waals surface area contributed by atoms with Crippen molar-refractivity contribution in [1.29, 1.82) is 0 Å². The summed E-state index contributed by atoms with van der Waals surface area (Å²) >= 11 is 1.50. The van der Waals surface area contributed by atoms with E-state index in [9.17, 15) is 4.79 Å². The van der Waals surface area contributed by atoms with Crippen molar-refractivity contribution >= 4 is 33.3 Å². The van der Waals surface area contributed by atoms with Gasteiger partial charge in [0.1, 0.15) is 22.1 Å². The average Bonchev–Trinajstić information content (AvgIpc) is 3.22. The number of nitrogens with zero attached hydrogens (tertiary/aromatic N) is 4. The number of thiophene rings is 1. The Labute approximate surface area is 165 Å². The highest BCUT2D eigenvalue weighted by atomic mass is 32.1. The Morgan fingerprint density at radius 3 is 2.82 bits per heavy atom. The second kappa shape index (κ2) is 8.10. The lowest BCUT2D eigenvalue weighted by atomic mass is 10.2. The fraction of sp³-hybridized carbons (Fsp3) is 0.150. The molecule has 0 saturated carbocycles. The Balaban J connectivity index is 1.51. The molecule has 0 fully saturated rings. The van der Waals surface area contributed by atoms with Crippen molar-refractivity contribution in [2.24, 2.45) is 0 Å². The van der Waals surface area contributed by atoms with Crippen LogP contribution in [-0.2, 0) is 11.2 Å². The van der Waals surface area contributed by atoms with Crippen molar-refractivity contribution < 1.29 is 9.53 Å². The number of nitrogens with one attached hydrogen (secondary N) is 1. The monoisotopic (exact) mass is 391 g/mol. The lowest BCUT2D eigenvalue weighted by Crippen LogP contribution is -2.14. The smallest absolute Gasteiger partial charge is 0.225 e. The molecule has 8 heteroatoms. The van der Waals surface area contributed by atoms with Crippen LogP contribution in [0.4, 0.5) is 5.82 Å². The van der Waals surface area contributed by atoms with Gasteiger partial charge in [0.05, 0.1) is 18.7 Å². The number of hydrogen-bond donors (Lipinski definition) is 1. The van der Waals surface area contributed by atoms with Gasteiger partial charge >= 0.3 is 0 Å². The minimum absolute atomic E-state index is 0.129. The highest BCUT2D eigenvalue weighted by Gasteiger charge is 2.13. The molecule has 7 nitrogen and oxygen atoms in total. The number of carbonyl (C=O) groups is 1. The second-order valence-electron chi connectivity index (χ2n) is 5.99. The molecule has 0 aromatic carbocycles. The first-order chi connectivity index (χ1) is 13.7. The van der Waals surface area contributed by atoms with Crippen LogP contribution in [0.15, 0.2) is 54.2 Å². The molecule has 1 N–H and O–H groups in total. The normalized spacial score (nSPS) is 10.8. The van der Waals surface area contributed by atoms with Gasteiger partial charge in [-0.1, -0.05) is 6.07 Å². The predicted molar refractivity (Wildman–Crippen MR) is 108 cm³/mol. The van der Waals surface area contributed by atoms with E-state index in [1.54, 1.807) is 19.5 Å². The zero-order valence-corrected chi connectivity index (χ0v) is 15.9. The van der Waals surface area contributed by atoms with Crippen LogP contribution in [0.3, 0.4) is 0 Å². The minimum Gasteiger partial charge on any atom is -0.495 e. The molecule has 0 aliphatic carbocycles. The van der Waals surface area contributed by atoms with E-state index in [-0.39, 0.29) is 5.91 Å². The molecule has 28 heavy (non-hydrogen) atoms. The molecule has 4 heterocycles. The van der Waals surface area contributed by atoms with Crippen LogP contribution in [0.2, 0.25) is 0 Å². The van der Waals surface area contributed by atoms with Gasteiger partial charge in [-0.2, -0.15) is 0 Å². The number of hydrogen-bond acceptors (Lipinski definition) is 7. The van der Waals surface area contributed by atoms with Crippen LogP contribution in [0.5, 0.6) is 5.75 Å². The van der Waals surface area contributed by atoms with Crippen LogP contribution in [-0.4, -0.2) is 33.0 Å². The number of amides is 1. The molecule has 0 aliphatic rings.